The molecular formula is C14H17N5O8. The minimum atomic E-state index is -1.27. The highest BCUT2D eigenvalue weighted by molar-refractivity contribution is 6.07. The van der Waals surface area contributed by atoms with Crippen LogP contribution in [0.3, 0.4) is 0 Å². The maximum atomic E-state index is 12.2. The van der Waals surface area contributed by atoms with Crippen molar-refractivity contribution in [1.82, 2.24) is 5.43 Å². The summed E-state index contributed by atoms with van der Waals surface area (Å²) >= 11 is 0. The fraction of sp³-hybridized carbons (Fsp3) is 0.357. The van der Waals surface area contributed by atoms with Crippen LogP contribution in [-0.2, 0) is 14.3 Å². The van der Waals surface area contributed by atoms with Gasteiger partial charge in [0.05, 0.1) is 17.7 Å². The number of hydrogen-bond acceptors (Lipinski definition) is 10. The molecule has 1 atom stereocenters. The maximum absolute atomic E-state index is 12.2. The molecule has 0 aliphatic rings. The van der Waals surface area contributed by atoms with Crippen molar-refractivity contribution in [2.75, 3.05) is 25.6 Å². The summed E-state index contributed by atoms with van der Waals surface area (Å²) in [7, 11) is 1.12. The lowest BCUT2D eigenvalue weighted by molar-refractivity contribution is -0.482. The fourth-order valence-corrected chi connectivity index (χ4v) is 1.76. The normalized spacial score (nSPS) is 11.9. The van der Waals surface area contributed by atoms with E-state index in [9.17, 15) is 29.8 Å². The molecule has 13 nitrogen and oxygen atoms in total. The molecule has 2 N–H and O–H groups in total. The van der Waals surface area contributed by atoms with Crippen LogP contribution in [0.2, 0.25) is 0 Å². The van der Waals surface area contributed by atoms with Crippen LogP contribution in [0, 0.1) is 20.2 Å². The smallest absolute Gasteiger partial charge is 0.427 e. The van der Waals surface area contributed by atoms with Crippen LogP contribution in [0.15, 0.2) is 29.4 Å². The molecule has 0 radical (unpaired) electrons. The number of hydrogen-bond donors (Lipinski definition) is 2. The second-order valence-corrected chi connectivity index (χ2v) is 4.97. The quantitative estimate of drug-likeness (QED) is 0.272. The largest absolute Gasteiger partial charge is 0.457 e. The Morgan fingerprint density at radius 3 is 2.59 bits per heavy atom. The predicted octanol–water partition coefficient (Wildman–Crippen LogP) is 0.927. The van der Waals surface area contributed by atoms with Gasteiger partial charge in [0.25, 0.3) is 5.69 Å². The van der Waals surface area contributed by atoms with E-state index in [-0.39, 0.29) is 17.1 Å². The molecule has 0 aromatic heterocycles. The summed E-state index contributed by atoms with van der Waals surface area (Å²) in [6.07, 6.45) is -0.884. The van der Waals surface area contributed by atoms with Gasteiger partial charge in [-0.3, -0.25) is 20.2 Å². The Kier molecular flexibility index (Phi) is 8.09. The van der Waals surface area contributed by atoms with E-state index in [2.05, 4.69) is 15.2 Å². The molecule has 0 saturated heterocycles. The van der Waals surface area contributed by atoms with Crippen molar-refractivity contribution in [3.63, 3.8) is 0 Å². The molecule has 0 fully saturated rings. The summed E-state index contributed by atoms with van der Waals surface area (Å²) in [5, 5.41) is 27.6. The second kappa shape index (κ2) is 10.3. The minimum Gasteiger partial charge on any atom is -0.457 e. The number of nitro benzene ring substituents is 1. The van der Waals surface area contributed by atoms with E-state index in [1.807, 2.05) is 5.43 Å². The number of benzene rings is 1. The molecule has 1 amide bonds. The maximum Gasteiger partial charge on any atom is 0.427 e. The summed E-state index contributed by atoms with van der Waals surface area (Å²) in [5.74, 6) is -0.920. The third kappa shape index (κ3) is 7.33. The summed E-state index contributed by atoms with van der Waals surface area (Å²) in [4.78, 5) is 43.3. The van der Waals surface area contributed by atoms with Crippen molar-refractivity contribution >= 4 is 29.1 Å². The Labute approximate surface area is 152 Å². The van der Waals surface area contributed by atoms with E-state index in [1.165, 1.54) is 31.2 Å². The van der Waals surface area contributed by atoms with E-state index < -0.39 is 41.1 Å². The standard InChI is InChI=1S/C14H17N5O8/c1-9(16-17-14(21)26-2)12(13(20)27-7-6-18(22)23)15-10-4-3-5-11(8-10)19(24)25/h3-5,8,12,15H,6-7H2,1-2H3,(H,17,21). The Morgan fingerprint density at radius 1 is 1.30 bits per heavy atom. The molecule has 13 heteroatoms. The van der Waals surface area contributed by atoms with E-state index >= 15 is 0 Å². The number of nitrogens with zero attached hydrogens (tertiary/aromatic N) is 3. The molecule has 1 aromatic rings. The second-order valence-electron chi connectivity index (χ2n) is 4.97. The van der Waals surface area contributed by atoms with Gasteiger partial charge in [-0.25, -0.2) is 15.0 Å². The first-order valence-corrected chi connectivity index (χ1v) is 7.42. The van der Waals surface area contributed by atoms with Crippen LogP contribution in [-0.4, -0.2) is 53.9 Å². The molecule has 0 aliphatic heterocycles. The lowest BCUT2D eigenvalue weighted by atomic mass is 10.1. The lowest BCUT2D eigenvalue weighted by Gasteiger charge is -2.18. The number of rotatable bonds is 9. The molecule has 1 aromatic carbocycles. The van der Waals surface area contributed by atoms with Crippen molar-refractivity contribution in [2.45, 2.75) is 13.0 Å². The van der Waals surface area contributed by atoms with Gasteiger partial charge in [-0.1, -0.05) is 6.07 Å². The number of nitro groups is 2. The zero-order valence-electron chi connectivity index (χ0n) is 14.4. The highest BCUT2D eigenvalue weighted by atomic mass is 16.6. The average molecular weight is 383 g/mol. The summed E-state index contributed by atoms with van der Waals surface area (Å²) in [6.45, 7) is 0.308. The highest BCUT2D eigenvalue weighted by Gasteiger charge is 2.25. The molecule has 27 heavy (non-hydrogen) atoms. The Hall–Kier alpha value is -3.77. The number of nitrogens with one attached hydrogen (secondary N) is 2. The number of carbonyl (C=O) groups is 2. The van der Waals surface area contributed by atoms with E-state index in [0.717, 1.165) is 7.11 Å². The number of amides is 1. The molecule has 0 bridgehead atoms. The van der Waals surface area contributed by atoms with E-state index in [0.29, 0.717) is 0 Å². The molecule has 0 heterocycles. The molecule has 0 spiro atoms. The molecule has 0 saturated carbocycles. The predicted molar refractivity (Wildman–Crippen MR) is 92.0 cm³/mol. The molecule has 1 rings (SSSR count). The van der Waals surface area contributed by atoms with Crippen molar-refractivity contribution in [3.05, 3.63) is 44.5 Å². The topological polar surface area (TPSA) is 175 Å². The monoisotopic (exact) mass is 383 g/mol. The van der Waals surface area contributed by atoms with Gasteiger partial charge in [0.15, 0.2) is 12.6 Å². The fourth-order valence-electron chi connectivity index (χ4n) is 1.76. The van der Waals surface area contributed by atoms with Crippen molar-refractivity contribution in [2.24, 2.45) is 5.10 Å². The van der Waals surface area contributed by atoms with Crippen LogP contribution < -0.4 is 10.7 Å². The van der Waals surface area contributed by atoms with Gasteiger partial charge in [-0.15, -0.1) is 0 Å². The van der Waals surface area contributed by atoms with Crippen LogP contribution in [0.4, 0.5) is 16.2 Å². The molecule has 1 unspecified atom stereocenters. The number of non-ortho nitro benzene ring substituents is 1. The Bertz CT molecular complexity index is 751. The first-order valence-electron chi connectivity index (χ1n) is 7.42. The van der Waals surface area contributed by atoms with Gasteiger partial charge >= 0.3 is 12.1 Å². The zero-order valence-corrected chi connectivity index (χ0v) is 14.4. The van der Waals surface area contributed by atoms with Gasteiger partial charge < -0.3 is 14.8 Å². The number of anilines is 1. The summed E-state index contributed by atoms with van der Waals surface area (Å²) < 4.78 is 9.17. The lowest BCUT2D eigenvalue weighted by Crippen LogP contribution is -2.39. The number of esters is 1. The third-order valence-electron chi connectivity index (χ3n) is 3.05. The number of hydrazone groups is 1. The van der Waals surface area contributed by atoms with Gasteiger partial charge in [-0.05, 0) is 13.0 Å². The van der Waals surface area contributed by atoms with Crippen molar-refractivity contribution in [3.8, 4) is 0 Å². The van der Waals surface area contributed by atoms with Crippen LogP contribution in [0.5, 0.6) is 0 Å². The highest BCUT2D eigenvalue weighted by Crippen LogP contribution is 2.18. The molecule has 0 aliphatic carbocycles. The molecule has 146 valence electrons. The molecular weight excluding hydrogens is 366 g/mol. The van der Waals surface area contributed by atoms with Crippen molar-refractivity contribution < 1.29 is 28.9 Å². The van der Waals surface area contributed by atoms with Gasteiger partial charge in [0.1, 0.15) is 0 Å². The van der Waals surface area contributed by atoms with Crippen LogP contribution >= 0.6 is 0 Å². The van der Waals surface area contributed by atoms with E-state index in [4.69, 9.17) is 4.74 Å². The van der Waals surface area contributed by atoms with Gasteiger partial charge in [-0.2, -0.15) is 5.10 Å². The van der Waals surface area contributed by atoms with Gasteiger partial charge in [0.2, 0.25) is 6.54 Å². The van der Waals surface area contributed by atoms with Crippen LogP contribution in [0.25, 0.3) is 0 Å². The number of methoxy groups -OCH3 is 1. The van der Waals surface area contributed by atoms with Crippen LogP contribution in [0.1, 0.15) is 6.92 Å². The number of carbonyl (C=O) groups excluding carboxylic acids is 2. The third-order valence-corrected chi connectivity index (χ3v) is 3.05. The SMILES string of the molecule is COC(=O)NN=C(C)C(Nc1cccc([N+](=O)[O-])c1)C(=O)OCC[N+](=O)[O-]. The first-order chi connectivity index (χ1) is 12.7. The van der Waals surface area contributed by atoms with E-state index in [1.54, 1.807) is 0 Å². The Morgan fingerprint density at radius 2 is 2.00 bits per heavy atom. The van der Waals surface area contributed by atoms with Gasteiger partial charge in [0, 0.05) is 22.7 Å². The summed E-state index contributed by atoms with van der Waals surface area (Å²) in [5.41, 5.74) is 2.03. The average Bonchev–Trinajstić information content (AvgIpc) is 2.63. The zero-order chi connectivity index (χ0) is 20.4. The Balaban J connectivity index is 3.00. The first kappa shape index (κ1) is 21.3. The van der Waals surface area contributed by atoms with Crippen molar-refractivity contribution in [1.29, 1.82) is 0 Å². The number of ether oxygens (including phenoxy) is 2. The summed E-state index contributed by atoms with van der Waals surface area (Å²) in [6, 6.07) is 4.03. The minimum absolute atomic E-state index is 0.0259.